The molecule has 84 valence electrons. The first-order valence-corrected chi connectivity index (χ1v) is 5.53. The summed E-state index contributed by atoms with van der Waals surface area (Å²) in [5, 5.41) is 0. The third-order valence-electron chi connectivity index (χ3n) is 2.71. The summed E-state index contributed by atoms with van der Waals surface area (Å²) in [7, 11) is 0. The van der Waals surface area contributed by atoms with Crippen molar-refractivity contribution in [3.05, 3.63) is 11.6 Å². The fourth-order valence-corrected chi connectivity index (χ4v) is 1.86. The molecule has 1 rings (SSSR count). The lowest BCUT2D eigenvalue weighted by Gasteiger charge is -2.21. The highest BCUT2D eigenvalue weighted by atomic mass is 16.5. The Bertz CT molecular complexity index is 273. The second-order valence-electron chi connectivity index (χ2n) is 3.92. The summed E-state index contributed by atoms with van der Waals surface area (Å²) in [5.41, 5.74) is 0.167. The van der Waals surface area contributed by atoms with Crippen molar-refractivity contribution in [1.29, 1.82) is 0 Å². The van der Waals surface area contributed by atoms with E-state index in [0.29, 0.717) is 0 Å². The van der Waals surface area contributed by atoms with Gasteiger partial charge in [-0.05, 0) is 39.5 Å². The van der Waals surface area contributed by atoms with Gasteiger partial charge in [0.25, 0.3) is 0 Å². The number of esters is 1. The predicted molar refractivity (Wildman–Crippen MR) is 57.4 cm³/mol. The Labute approximate surface area is 90.5 Å². The maximum absolute atomic E-state index is 11.6. The lowest BCUT2D eigenvalue weighted by atomic mass is 9.98. The third kappa shape index (κ3) is 3.50. The van der Waals surface area contributed by atoms with Gasteiger partial charge in [-0.1, -0.05) is 12.5 Å². The topological polar surface area (TPSA) is 43.4 Å². The molecule has 0 radical (unpaired) electrons. The second-order valence-corrected chi connectivity index (χ2v) is 3.92. The van der Waals surface area contributed by atoms with Crippen molar-refractivity contribution in [2.24, 2.45) is 0 Å². The van der Waals surface area contributed by atoms with Crippen molar-refractivity contribution in [3.8, 4) is 0 Å². The molecule has 1 saturated carbocycles. The molecular formula is C12H18O3. The van der Waals surface area contributed by atoms with Crippen LogP contribution in [-0.4, -0.2) is 17.9 Å². The maximum Gasteiger partial charge on any atom is 0.341 e. The highest BCUT2D eigenvalue weighted by molar-refractivity contribution is 6.16. The van der Waals surface area contributed by atoms with Crippen LogP contribution in [-0.2, 0) is 14.3 Å². The molecule has 0 saturated heterocycles. The van der Waals surface area contributed by atoms with Crippen molar-refractivity contribution < 1.29 is 14.3 Å². The summed E-state index contributed by atoms with van der Waals surface area (Å²) in [6, 6.07) is 0. The average Bonchev–Trinajstić information content (AvgIpc) is 2.19. The zero-order valence-corrected chi connectivity index (χ0v) is 9.41. The molecule has 3 heteroatoms. The minimum atomic E-state index is -0.461. The summed E-state index contributed by atoms with van der Waals surface area (Å²) >= 11 is 0. The normalized spacial score (nSPS) is 18.7. The Balaban J connectivity index is 2.50. The van der Waals surface area contributed by atoms with Crippen LogP contribution >= 0.6 is 0 Å². The SMILES string of the molecule is C/C=C(/C(C)=O)C(=O)OC1CCCCC1. The van der Waals surface area contributed by atoms with E-state index in [1.807, 2.05) is 0 Å². The van der Waals surface area contributed by atoms with Gasteiger partial charge in [0.05, 0.1) is 5.57 Å². The molecule has 15 heavy (non-hydrogen) atoms. The van der Waals surface area contributed by atoms with Crippen LogP contribution in [0.25, 0.3) is 0 Å². The average molecular weight is 210 g/mol. The van der Waals surface area contributed by atoms with Gasteiger partial charge in [-0.15, -0.1) is 0 Å². The van der Waals surface area contributed by atoms with E-state index in [1.54, 1.807) is 6.92 Å². The molecule has 1 aliphatic carbocycles. The molecule has 0 aromatic rings. The van der Waals surface area contributed by atoms with E-state index in [2.05, 4.69) is 0 Å². The van der Waals surface area contributed by atoms with Gasteiger partial charge in [-0.25, -0.2) is 4.79 Å². The highest BCUT2D eigenvalue weighted by Crippen LogP contribution is 2.21. The number of Topliss-reactive ketones (excluding diaryl/α,β-unsaturated/α-hetero) is 1. The van der Waals surface area contributed by atoms with Crippen LogP contribution in [0.15, 0.2) is 11.6 Å². The predicted octanol–water partition coefficient (Wildman–Crippen LogP) is 2.40. The molecule has 0 amide bonds. The van der Waals surface area contributed by atoms with Crippen LogP contribution in [0.3, 0.4) is 0 Å². The molecule has 0 N–H and O–H groups in total. The first-order valence-electron chi connectivity index (χ1n) is 5.53. The molecule has 0 bridgehead atoms. The Kier molecular flexibility index (Phi) is 4.53. The summed E-state index contributed by atoms with van der Waals surface area (Å²) in [5.74, 6) is -0.685. The molecule has 0 heterocycles. The molecule has 0 aromatic heterocycles. The molecule has 0 unspecified atom stereocenters. The van der Waals surface area contributed by atoms with Crippen molar-refractivity contribution in [2.75, 3.05) is 0 Å². The zero-order valence-electron chi connectivity index (χ0n) is 9.41. The number of allylic oxidation sites excluding steroid dienone is 1. The van der Waals surface area contributed by atoms with Gasteiger partial charge in [-0.2, -0.15) is 0 Å². The largest absolute Gasteiger partial charge is 0.459 e. The summed E-state index contributed by atoms with van der Waals surface area (Å²) < 4.78 is 5.28. The van der Waals surface area contributed by atoms with Crippen LogP contribution < -0.4 is 0 Å². The van der Waals surface area contributed by atoms with Crippen LogP contribution in [0.1, 0.15) is 46.0 Å². The number of carbonyl (C=O) groups is 2. The van der Waals surface area contributed by atoms with Crippen molar-refractivity contribution in [3.63, 3.8) is 0 Å². The first kappa shape index (κ1) is 12.0. The fraction of sp³-hybridized carbons (Fsp3) is 0.667. The van der Waals surface area contributed by atoms with Crippen molar-refractivity contribution >= 4 is 11.8 Å². The van der Waals surface area contributed by atoms with Crippen LogP contribution in [0, 0.1) is 0 Å². The summed E-state index contributed by atoms with van der Waals surface area (Å²) in [6.45, 7) is 3.07. The molecule has 3 nitrogen and oxygen atoms in total. The Morgan fingerprint density at radius 1 is 1.20 bits per heavy atom. The number of carbonyl (C=O) groups excluding carboxylic acids is 2. The Hall–Kier alpha value is -1.12. The molecule has 0 atom stereocenters. The van der Waals surface area contributed by atoms with E-state index in [1.165, 1.54) is 19.4 Å². The number of hydrogen-bond donors (Lipinski definition) is 0. The van der Waals surface area contributed by atoms with E-state index in [0.717, 1.165) is 25.7 Å². The summed E-state index contributed by atoms with van der Waals surface area (Å²) in [6.07, 6.45) is 6.85. The van der Waals surface area contributed by atoms with Gasteiger partial charge in [-0.3, -0.25) is 4.79 Å². The smallest absolute Gasteiger partial charge is 0.341 e. The quantitative estimate of drug-likeness (QED) is 0.311. The number of rotatable bonds is 3. The van der Waals surface area contributed by atoms with Gasteiger partial charge >= 0.3 is 5.97 Å². The molecule has 0 aromatic carbocycles. The minimum absolute atomic E-state index is 0.0144. The highest BCUT2D eigenvalue weighted by Gasteiger charge is 2.21. The minimum Gasteiger partial charge on any atom is -0.459 e. The maximum atomic E-state index is 11.6. The Morgan fingerprint density at radius 2 is 1.80 bits per heavy atom. The first-order chi connectivity index (χ1) is 7.15. The lowest BCUT2D eigenvalue weighted by molar-refractivity contribution is -0.146. The third-order valence-corrected chi connectivity index (χ3v) is 2.71. The van der Waals surface area contributed by atoms with Crippen molar-refractivity contribution in [2.45, 2.75) is 52.1 Å². The van der Waals surface area contributed by atoms with Crippen molar-refractivity contribution in [1.82, 2.24) is 0 Å². The number of ketones is 1. The number of ether oxygens (including phenoxy) is 1. The van der Waals surface area contributed by atoms with Crippen LogP contribution in [0.4, 0.5) is 0 Å². The van der Waals surface area contributed by atoms with Crippen LogP contribution in [0.5, 0.6) is 0 Å². The van der Waals surface area contributed by atoms with E-state index >= 15 is 0 Å². The fourth-order valence-electron chi connectivity index (χ4n) is 1.86. The lowest BCUT2D eigenvalue weighted by Crippen LogP contribution is -2.23. The van der Waals surface area contributed by atoms with Gasteiger partial charge < -0.3 is 4.74 Å². The number of hydrogen-bond acceptors (Lipinski definition) is 3. The molecule has 1 aliphatic rings. The standard InChI is InChI=1S/C12H18O3/c1-3-11(9(2)13)12(14)15-10-7-5-4-6-8-10/h3,10H,4-8H2,1-2H3/b11-3-. The van der Waals surface area contributed by atoms with E-state index < -0.39 is 5.97 Å². The summed E-state index contributed by atoms with van der Waals surface area (Å²) in [4.78, 5) is 22.7. The monoisotopic (exact) mass is 210 g/mol. The van der Waals surface area contributed by atoms with Gasteiger partial charge in [0.15, 0.2) is 5.78 Å². The molecule has 1 fully saturated rings. The van der Waals surface area contributed by atoms with Gasteiger partial charge in [0.1, 0.15) is 6.10 Å². The second kappa shape index (κ2) is 5.69. The molecular weight excluding hydrogens is 192 g/mol. The zero-order chi connectivity index (χ0) is 11.3. The van der Waals surface area contributed by atoms with Gasteiger partial charge in [0, 0.05) is 0 Å². The van der Waals surface area contributed by atoms with E-state index in [9.17, 15) is 9.59 Å². The van der Waals surface area contributed by atoms with E-state index in [4.69, 9.17) is 4.74 Å². The molecule has 0 aliphatic heterocycles. The van der Waals surface area contributed by atoms with Crippen LogP contribution in [0.2, 0.25) is 0 Å². The molecule has 0 spiro atoms. The van der Waals surface area contributed by atoms with Gasteiger partial charge in [0.2, 0.25) is 0 Å². The van der Waals surface area contributed by atoms with E-state index in [-0.39, 0.29) is 17.5 Å². The Morgan fingerprint density at radius 3 is 2.27 bits per heavy atom.